The number of aromatic nitrogens is 3. The summed E-state index contributed by atoms with van der Waals surface area (Å²) in [5.74, 6) is 0.797. The Bertz CT molecular complexity index is 884. The van der Waals surface area contributed by atoms with Gasteiger partial charge in [-0.05, 0) is 30.3 Å². The fourth-order valence-corrected chi connectivity index (χ4v) is 3.45. The van der Waals surface area contributed by atoms with Crippen molar-refractivity contribution in [2.45, 2.75) is 37.3 Å². The molecule has 3 rings (SSSR count). The van der Waals surface area contributed by atoms with Gasteiger partial charge in [-0.1, -0.05) is 6.92 Å². The second-order valence-electron chi connectivity index (χ2n) is 6.01. The monoisotopic (exact) mass is 393 g/mol. The van der Waals surface area contributed by atoms with Gasteiger partial charge in [0.15, 0.2) is 5.82 Å². The largest absolute Gasteiger partial charge is 0.455 e. The van der Waals surface area contributed by atoms with E-state index < -0.39 is 29.2 Å². The first-order valence-corrected chi connectivity index (χ1v) is 9.26. The van der Waals surface area contributed by atoms with Crippen LogP contribution in [-0.4, -0.2) is 60.8 Å². The van der Waals surface area contributed by atoms with Crippen LogP contribution in [0.4, 0.5) is 10.6 Å². The Labute approximate surface area is 158 Å². The number of nitrogens with zero attached hydrogens (tertiary/aromatic N) is 4. The van der Waals surface area contributed by atoms with Gasteiger partial charge < -0.3 is 25.4 Å². The number of carbonyl (C=O) groups is 1. The number of nitrogen functional groups attached to an aromatic ring is 1. The molecule has 0 aromatic carbocycles. The van der Waals surface area contributed by atoms with E-state index in [1.807, 2.05) is 13.0 Å². The van der Waals surface area contributed by atoms with Crippen LogP contribution in [0.3, 0.4) is 0 Å². The van der Waals surface area contributed by atoms with Crippen LogP contribution >= 0.6 is 11.8 Å². The third-order valence-electron chi connectivity index (χ3n) is 4.28. The highest BCUT2D eigenvalue weighted by molar-refractivity contribution is 8.13. The number of ether oxygens (including phenoxy) is 2. The van der Waals surface area contributed by atoms with Crippen molar-refractivity contribution in [2.24, 2.45) is 0 Å². The molecule has 0 saturated carbocycles. The molecule has 144 valence electrons. The third-order valence-corrected chi connectivity index (χ3v) is 5.24. The van der Waals surface area contributed by atoms with Crippen molar-refractivity contribution in [1.82, 2.24) is 14.6 Å². The molecule has 1 aliphatic rings. The molecule has 27 heavy (non-hydrogen) atoms. The van der Waals surface area contributed by atoms with Crippen molar-refractivity contribution in [2.75, 3.05) is 18.1 Å². The van der Waals surface area contributed by atoms with E-state index in [2.05, 4.69) is 10.1 Å². The molecule has 0 unspecified atom stereocenters. The van der Waals surface area contributed by atoms with Crippen LogP contribution in [0, 0.1) is 11.3 Å². The maximum Gasteiger partial charge on any atom is 0.367 e. The molecule has 3 heterocycles. The molecule has 4 N–H and O–H groups in total. The van der Waals surface area contributed by atoms with Crippen molar-refractivity contribution in [1.29, 1.82) is 5.26 Å². The summed E-state index contributed by atoms with van der Waals surface area (Å²) in [6.07, 6.45) is -2.07. The van der Waals surface area contributed by atoms with Gasteiger partial charge in [-0.2, -0.15) is 10.4 Å². The third kappa shape index (κ3) is 3.32. The number of carbonyl (C=O) groups excluding carboxylic acids is 1. The van der Waals surface area contributed by atoms with E-state index in [4.69, 9.17) is 15.2 Å². The standard InChI is InChI=1S/C16H19N5O5S/c1-2-5-27-15(24)25-6-10-12(22)13(23)16(7-17,26-10)11-4-3-9-14(18)19-8-20-21(9)11/h3-4,8,10,12-13,22-23H,2,5-6H2,1H3,(H2,18,19,20)/t10-,12-,13-,16+/m1/s1. The summed E-state index contributed by atoms with van der Waals surface area (Å²) < 4.78 is 12.1. The zero-order valence-electron chi connectivity index (χ0n) is 14.5. The molecule has 11 heteroatoms. The predicted molar refractivity (Wildman–Crippen MR) is 95.7 cm³/mol. The second-order valence-corrected chi connectivity index (χ2v) is 7.04. The van der Waals surface area contributed by atoms with Gasteiger partial charge in [0.25, 0.3) is 0 Å². The quantitative estimate of drug-likeness (QED) is 0.609. The summed E-state index contributed by atoms with van der Waals surface area (Å²) in [5, 5.41) is 34.2. The fraction of sp³-hybridized carbons (Fsp3) is 0.500. The van der Waals surface area contributed by atoms with Gasteiger partial charge in [-0.15, -0.1) is 0 Å². The minimum Gasteiger partial charge on any atom is -0.455 e. The van der Waals surface area contributed by atoms with Crippen molar-refractivity contribution in [3.8, 4) is 6.07 Å². The van der Waals surface area contributed by atoms with Crippen molar-refractivity contribution < 1.29 is 24.5 Å². The van der Waals surface area contributed by atoms with Gasteiger partial charge >= 0.3 is 5.30 Å². The first-order chi connectivity index (χ1) is 12.9. The van der Waals surface area contributed by atoms with Gasteiger partial charge in [0.1, 0.15) is 42.8 Å². The SMILES string of the molecule is CCCSC(=O)OC[C@H]1O[C@@](C#N)(c2ccc3c(N)ncnn23)[C@H](O)[C@@H]1O. The van der Waals surface area contributed by atoms with E-state index in [0.29, 0.717) is 11.3 Å². The topological polar surface area (TPSA) is 156 Å². The number of nitrogens with two attached hydrogens (primary N) is 1. The van der Waals surface area contributed by atoms with Crippen LogP contribution in [0.1, 0.15) is 19.0 Å². The molecular weight excluding hydrogens is 374 g/mol. The van der Waals surface area contributed by atoms with Gasteiger partial charge in [-0.25, -0.2) is 14.3 Å². The van der Waals surface area contributed by atoms with Crippen molar-refractivity contribution in [3.63, 3.8) is 0 Å². The lowest BCUT2D eigenvalue weighted by atomic mass is 9.92. The molecule has 0 aliphatic carbocycles. The number of aliphatic hydroxyl groups is 2. The summed E-state index contributed by atoms with van der Waals surface area (Å²) >= 11 is 1.01. The summed E-state index contributed by atoms with van der Waals surface area (Å²) in [5.41, 5.74) is 4.51. The first kappa shape index (κ1) is 19.4. The maximum absolute atomic E-state index is 11.7. The number of fused-ring (bicyclic) bond motifs is 1. The van der Waals surface area contributed by atoms with Crippen molar-refractivity contribution >= 4 is 28.4 Å². The van der Waals surface area contributed by atoms with E-state index in [-0.39, 0.29) is 18.1 Å². The lowest BCUT2D eigenvalue weighted by Gasteiger charge is -2.24. The average Bonchev–Trinajstić information content (AvgIpc) is 3.21. The molecule has 2 aromatic rings. The van der Waals surface area contributed by atoms with Crippen LogP contribution in [0.2, 0.25) is 0 Å². The lowest BCUT2D eigenvalue weighted by molar-refractivity contribution is -0.0642. The van der Waals surface area contributed by atoms with Gasteiger partial charge in [0.05, 0.1) is 5.69 Å². The highest BCUT2D eigenvalue weighted by Crippen LogP contribution is 2.40. The highest BCUT2D eigenvalue weighted by atomic mass is 32.2. The normalized spacial score (nSPS) is 27.6. The van der Waals surface area contributed by atoms with Gasteiger partial charge in [-0.3, -0.25) is 0 Å². The molecule has 2 aromatic heterocycles. The predicted octanol–water partition coefficient (Wildman–Crippen LogP) is 0.431. The Morgan fingerprint density at radius 3 is 3.04 bits per heavy atom. The molecule has 1 aliphatic heterocycles. The Balaban J connectivity index is 1.86. The molecular formula is C16H19N5O5S. The lowest BCUT2D eigenvalue weighted by Crippen LogP contribution is -2.41. The summed E-state index contributed by atoms with van der Waals surface area (Å²) in [6.45, 7) is 1.64. The zero-order chi connectivity index (χ0) is 19.6. The number of aliphatic hydroxyl groups excluding tert-OH is 2. The first-order valence-electron chi connectivity index (χ1n) is 8.28. The summed E-state index contributed by atoms with van der Waals surface area (Å²) in [7, 11) is 0. The number of hydrogen-bond donors (Lipinski definition) is 3. The fourth-order valence-electron chi connectivity index (χ4n) is 2.93. The minimum absolute atomic E-state index is 0.190. The van der Waals surface area contributed by atoms with E-state index in [9.17, 15) is 20.3 Å². The Kier molecular flexibility index (Phi) is 5.52. The number of thioether (sulfide) groups is 1. The Hall–Kier alpha value is -2.39. The molecule has 0 spiro atoms. The van der Waals surface area contributed by atoms with Gasteiger partial charge in [0, 0.05) is 5.75 Å². The Morgan fingerprint density at radius 2 is 2.33 bits per heavy atom. The molecule has 0 amide bonds. The van der Waals surface area contributed by atoms with Crippen LogP contribution in [0.5, 0.6) is 0 Å². The average molecular weight is 393 g/mol. The second kappa shape index (κ2) is 7.69. The zero-order valence-corrected chi connectivity index (χ0v) is 15.3. The highest BCUT2D eigenvalue weighted by Gasteiger charge is 2.57. The van der Waals surface area contributed by atoms with Crippen LogP contribution in [0.15, 0.2) is 18.5 Å². The van der Waals surface area contributed by atoms with E-state index in [1.165, 1.54) is 16.9 Å². The molecule has 0 bridgehead atoms. The number of anilines is 1. The number of rotatable bonds is 5. The molecule has 1 fully saturated rings. The number of hydrogen-bond acceptors (Lipinski definition) is 10. The van der Waals surface area contributed by atoms with Gasteiger partial charge in [0.2, 0.25) is 5.60 Å². The minimum atomic E-state index is -1.90. The van der Waals surface area contributed by atoms with Crippen molar-refractivity contribution in [3.05, 3.63) is 24.2 Å². The van der Waals surface area contributed by atoms with E-state index >= 15 is 0 Å². The van der Waals surface area contributed by atoms with Crippen LogP contribution in [0.25, 0.3) is 5.52 Å². The van der Waals surface area contributed by atoms with Crippen LogP contribution in [-0.2, 0) is 15.1 Å². The maximum atomic E-state index is 11.7. The molecule has 1 saturated heterocycles. The van der Waals surface area contributed by atoms with Crippen LogP contribution < -0.4 is 5.73 Å². The molecule has 4 atom stereocenters. The molecule has 0 radical (unpaired) electrons. The van der Waals surface area contributed by atoms with E-state index in [0.717, 1.165) is 18.2 Å². The molecule has 10 nitrogen and oxygen atoms in total. The smallest absolute Gasteiger partial charge is 0.367 e. The number of nitriles is 1. The summed E-state index contributed by atoms with van der Waals surface area (Å²) in [6, 6.07) is 5.03. The summed E-state index contributed by atoms with van der Waals surface area (Å²) in [4.78, 5) is 15.5. The Morgan fingerprint density at radius 1 is 1.56 bits per heavy atom. The van der Waals surface area contributed by atoms with E-state index in [1.54, 1.807) is 6.07 Å².